The maximum atomic E-state index is 11.5. The van der Waals surface area contributed by atoms with Crippen LogP contribution in [0.1, 0.15) is 29.6 Å². The van der Waals surface area contributed by atoms with Gasteiger partial charge in [-0.15, -0.1) is 0 Å². The fourth-order valence-electron chi connectivity index (χ4n) is 2.35. The van der Waals surface area contributed by atoms with E-state index < -0.39 is 5.97 Å². The Balaban J connectivity index is 1.68. The second kappa shape index (κ2) is 10.6. The number of unbranched alkanes of at least 4 members (excludes halogenated alkanes) is 2. The molecule has 2 aromatic carbocycles. The van der Waals surface area contributed by atoms with E-state index >= 15 is 0 Å². The molecule has 2 rings (SSSR count). The Morgan fingerprint density at radius 3 is 2.52 bits per heavy atom. The molecule has 0 aliphatic carbocycles. The second-order valence-corrected chi connectivity index (χ2v) is 5.65. The average molecular weight is 371 g/mol. The topological polar surface area (TPSA) is 114 Å². The molecule has 0 bridgehead atoms. The minimum atomic E-state index is -0.530. The highest BCUT2D eigenvalue weighted by atomic mass is 16.5. The molecule has 0 amide bonds. The molecule has 142 valence electrons. The summed E-state index contributed by atoms with van der Waals surface area (Å²) in [7, 11) is 1.28. The van der Waals surface area contributed by atoms with Crippen molar-refractivity contribution in [2.75, 3.05) is 20.3 Å². The van der Waals surface area contributed by atoms with Gasteiger partial charge in [0.15, 0.2) is 0 Å². The van der Waals surface area contributed by atoms with Gasteiger partial charge in [-0.1, -0.05) is 17.2 Å². The van der Waals surface area contributed by atoms with E-state index in [0.29, 0.717) is 30.4 Å². The summed E-state index contributed by atoms with van der Waals surface area (Å²) < 4.78 is 15.8. The van der Waals surface area contributed by atoms with Crippen LogP contribution in [0.3, 0.4) is 0 Å². The quantitative estimate of drug-likeness (QED) is 0.213. The van der Waals surface area contributed by atoms with Gasteiger partial charge in [0.25, 0.3) is 0 Å². The maximum absolute atomic E-state index is 11.5. The highest BCUT2D eigenvalue weighted by Crippen LogP contribution is 2.23. The van der Waals surface area contributed by atoms with Crippen molar-refractivity contribution < 1.29 is 24.1 Å². The number of carbonyl (C=O) groups is 1. The number of ether oxygens (including phenoxy) is 3. The Morgan fingerprint density at radius 1 is 1.07 bits per heavy atom. The van der Waals surface area contributed by atoms with Crippen molar-refractivity contribution >= 4 is 11.7 Å². The molecule has 0 aromatic heterocycles. The van der Waals surface area contributed by atoms with Gasteiger partial charge in [0.05, 0.1) is 25.9 Å². The predicted molar refractivity (Wildman–Crippen MR) is 99.5 cm³/mol. The molecule has 0 atom stereocenters. The zero-order valence-corrected chi connectivity index (χ0v) is 15.0. The molecule has 0 saturated heterocycles. The van der Waals surface area contributed by atoms with Gasteiger partial charge in [-0.2, -0.15) is 0 Å². The van der Waals surface area contributed by atoms with Gasteiger partial charge in [0.1, 0.15) is 17.2 Å². The van der Waals surface area contributed by atoms with E-state index in [9.17, 15) is 9.90 Å². The van der Waals surface area contributed by atoms with Crippen molar-refractivity contribution in [3.8, 4) is 17.2 Å². The number of carbonyl (C=O) groups excluding carboxylic acids is 1. The molecule has 27 heavy (non-hydrogen) atoms. The van der Waals surface area contributed by atoms with Crippen molar-refractivity contribution in [1.29, 1.82) is 0 Å². The number of azide groups is 1. The highest BCUT2D eigenvalue weighted by Gasteiger charge is 2.09. The lowest BCUT2D eigenvalue weighted by molar-refractivity contribution is 0.0599. The van der Waals surface area contributed by atoms with Crippen LogP contribution in [0.2, 0.25) is 0 Å². The SMILES string of the molecule is COC(=O)c1cc(O)cc(OCCCCCOc2cccc(N=[N+]=[N-])c2)c1. The number of esters is 1. The fourth-order valence-corrected chi connectivity index (χ4v) is 2.35. The van der Waals surface area contributed by atoms with E-state index in [1.165, 1.54) is 25.3 Å². The maximum Gasteiger partial charge on any atom is 0.338 e. The summed E-state index contributed by atoms with van der Waals surface area (Å²) in [6.07, 6.45) is 2.52. The van der Waals surface area contributed by atoms with Gasteiger partial charge < -0.3 is 19.3 Å². The van der Waals surface area contributed by atoms with E-state index in [1.807, 2.05) is 0 Å². The van der Waals surface area contributed by atoms with E-state index in [1.54, 1.807) is 24.3 Å². The first-order valence-electron chi connectivity index (χ1n) is 8.45. The lowest BCUT2D eigenvalue weighted by Gasteiger charge is -2.09. The van der Waals surface area contributed by atoms with Gasteiger partial charge >= 0.3 is 5.97 Å². The number of rotatable bonds is 10. The van der Waals surface area contributed by atoms with Crippen molar-refractivity contribution in [3.05, 3.63) is 58.5 Å². The number of methoxy groups -OCH3 is 1. The largest absolute Gasteiger partial charge is 0.508 e. The lowest BCUT2D eigenvalue weighted by Crippen LogP contribution is -2.03. The number of hydrogen-bond donors (Lipinski definition) is 1. The molecule has 0 radical (unpaired) electrons. The number of aromatic hydroxyl groups is 1. The van der Waals surface area contributed by atoms with Crippen LogP contribution >= 0.6 is 0 Å². The molecule has 0 spiro atoms. The molecule has 8 heteroatoms. The van der Waals surface area contributed by atoms with Crippen LogP contribution in [0.25, 0.3) is 10.4 Å². The summed E-state index contributed by atoms with van der Waals surface area (Å²) >= 11 is 0. The fraction of sp³-hybridized carbons (Fsp3) is 0.316. The molecule has 8 nitrogen and oxygen atoms in total. The van der Waals surface area contributed by atoms with Crippen LogP contribution in [0.15, 0.2) is 47.6 Å². The summed E-state index contributed by atoms with van der Waals surface area (Å²) in [5, 5.41) is 13.2. The smallest absolute Gasteiger partial charge is 0.338 e. The molecule has 0 aliphatic rings. The van der Waals surface area contributed by atoms with Gasteiger partial charge in [0, 0.05) is 16.7 Å². The predicted octanol–water partition coefficient (Wildman–Crippen LogP) is 4.75. The number of hydrogen-bond acceptors (Lipinski definition) is 6. The second-order valence-electron chi connectivity index (χ2n) is 5.65. The molecular weight excluding hydrogens is 350 g/mol. The Morgan fingerprint density at radius 2 is 1.81 bits per heavy atom. The summed E-state index contributed by atoms with van der Waals surface area (Å²) in [6.45, 7) is 0.995. The number of nitrogens with zero attached hydrogens (tertiary/aromatic N) is 3. The van der Waals surface area contributed by atoms with Gasteiger partial charge in [-0.05, 0) is 49.1 Å². The van der Waals surface area contributed by atoms with Crippen LogP contribution in [-0.4, -0.2) is 31.4 Å². The van der Waals surface area contributed by atoms with Crippen LogP contribution in [0, 0.1) is 0 Å². The Hall–Kier alpha value is -3.38. The van der Waals surface area contributed by atoms with Crippen LogP contribution in [0.4, 0.5) is 5.69 Å². The van der Waals surface area contributed by atoms with E-state index in [4.69, 9.17) is 15.0 Å². The van der Waals surface area contributed by atoms with Crippen molar-refractivity contribution in [2.24, 2.45) is 5.11 Å². The van der Waals surface area contributed by atoms with Crippen molar-refractivity contribution in [1.82, 2.24) is 0 Å². The minimum absolute atomic E-state index is 0.0516. The standard InChI is InChI=1S/C19H21N3O5/c1-25-19(24)14-10-16(23)13-18(11-14)27-9-4-2-3-8-26-17-7-5-6-15(12-17)21-22-20/h5-7,10-13,23H,2-4,8-9H2,1H3. The third-order valence-electron chi connectivity index (χ3n) is 3.62. The first kappa shape index (κ1) is 19.9. The molecule has 2 aromatic rings. The minimum Gasteiger partial charge on any atom is -0.508 e. The molecule has 0 saturated carbocycles. The zero-order valence-electron chi connectivity index (χ0n) is 15.0. The first-order chi connectivity index (χ1) is 13.1. The molecule has 0 heterocycles. The van der Waals surface area contributed by atoms with E-state index in [-0.39, 0.29) is 11.3 Å². The van der Waals surface area contributed by atoms with Gasteiger partial charge in [-0.25, -0.2) is 4.79 Å². The molecular formula is C19H21N3O5. The lowest BCUT2D eigenvalue weighted by atomic mass is 10.2. The summed E-state index contributed by atoms with van der Waals surface area (Å²) in [6, 6.07) is 11.3. The van der Waals surface area contributed by atoms with Crippen molar-refractivity contribution in [2.45, 2.75) is 19.3 Å². The Kier molecular flexibility index (Phi) is 7.81. The van der Waals surface area contributed by atoms with E-state index in [0.717, 1.165) is 19.3 Å². The Labute approximate surface area is 156 Å². The normalized spacial score (nSPS) is 9.96. The Bertz CT molecular complexity index is 819. The molecule has 0 unspecified atom stereocenters. The van der Waals surface area contributed by atoms with Crippen LogP contribution < -0.4 is 9.47 Å². The van der Waals surface area contributed by atoms with Crippen LogP contribution in [0.5, 0.6) is 17.2 Å². The number of benzene rings is 2. The van der Waals surface area contributed by atoms with E-state index in [2.05, 4.69) is 14.8 Å². The molecule has 0 fully saturated rings. The van der Waals surface area contributed by atoms with Crippen LogP contribution in [-0.2, 0) is 4.74 Å². The highest BCUT2D eigenvalue weighted by molar-refractivity contribution is 5.90. The third kappa shape index (κ3) is 6.80. The number of phenolic OH excluding ortho intramolecular Hbond substituents is 1. The summed E-state index contributed by atoms with van der Waals surface area (Å²) in [5.74, 6) is 0.495. The van der Waals surface area contributed by atoms with Gasteiger partial charge in [0.2, 0.25) is 0 Å². The zero-order chi connectivity index (χ0) is 19.5. The molecule has 1 N–H and O–H groups in total. The third-order valence-corrected chi connectivity index (χ3v) is 3.62. The molecule has 0 aliphatic heterocycles. The summed E-state index contributed by atoms with van der Waals surface area (Å²) in [5.41, 5.74) is 9.18. The monoisotopic (exact) mass is 371 g/mol. The summed E-state index contributed by atoms with van der Waals surface area (Å²) in [4.78, 5) is 14.3. The average Bonchev–Trinajstić information content (AvgIpc) is 2.66. The van der Waals surface area contributed by atoms with Gasteiger partial charge in [-0.3, -0.25) is 0 Å². The number of phenols is 1. The van der Waals surface area contributed by atoms with Crippen molar-refractivity contribution in [3.63, 3.8) is 0 Å². The first-order valence-corrected chi connectivity index (χ1v) is 8.45.